The van der Waals surface area contributed by atoms with Crippen LogP contribution in [0.5, 0.6) is 0 Å². The molecule has 0 bridgehead atoms. The van der Waals surface area contributed by atoms with Crippen molar-refractivity contribution >= 4 is 6.08 Å². The van der Waals surface area contributed by atoms with E-state index in [1.165, 1.54) is 16.1 Å². The fourth-order valence-electron chi connectivity index (χ4n) is 1.30. The predicted octanol–water partition coefficient (Wildman–Crippen LogP) is 1.43. The molecule has 0 atom stereocenters. The molecule has 1 heteroatoms. The summed E-state index contributed by atoms with van der Waals surface area (Å²) in [6, 6.07) is 6.28. The fourth-order valence-corrected chi connectivity index (χ4v) is 1.30. The number of benzene rings is 1. The van der Waals surface area contributed by atoms with E-state index in [0.717, 1.165) is 6.54 Å². The Morgan fingerprint density at radius 1 is 1.25 bits per heavy atom. The monoisotopic (exact) mass is 161 g/mol. The van der Waals surface area contributed by atoms with E-state index in [9.17, 15) is 0 Å². The van der Waals surface area contributed by atoms with Gasteiger partial charge < -0.3 is 0 Å². The van der Waals surface area contributed by atoms with E-state index in [-0.39, 0.29) is 0 Å². The summed E-state index contributed by atoms with van der Waals surface area (Å²) < 4.78 is 0. The fraction of sp³-hybridized carbons (Fsp3) is 0.364. The van der Waals surface area contributed by atoms with Gasteiger partial charge in [-0.05, 0) is 17.7 Å². The standard InChI is InChI=1S/C9H9N.C2H6/c1-7-3-2-4-8-5-6-10-9(7)8;1-2/h2-5H,6H2,1H3;1-2H3. The molecular weight excluding hydrogens is 146 g/mol. The molecule has 1 nitrogen and oxygen atoms in total. The average molecular weight is 161 g/mol. The van der Waals surface area contributed by atoms with Crippen molar-refractivity contribution in [2.75, 3.05) is 6.54 Å². The molecule has 0 saturated carbocycles. The Kier molecular flexibility index (Phi) is 3.03. The first-order chi connectivity index (χ1) is 5.88. The highest BCUT2D eigenvalue weighted by atomic mass is 14.7. The molecular formula is C11H15N. The largest absolute Gasteiger partial charge is 0.280 e. The maximum Gasteiger partial charge on any atom is 0.0677 e. The minimum atomic E-state index is 0.861. The summed E-state index contributed by atoms with van der Waals surface area (Å²) in [5, 5.41) is 2.47. The summed E-state index contributed by atoms with van der Waals surface area (Å²) in [7, 11) is 0. The van der Waals surface area contributed by atoms with E-state index in [2.05, 4.69) is 36.2 Å². The van der Waals surface area contributed by atoms with Crippen molar-refractivity contribution < 1.29 is 0 Å². The Hall–Kier alpha value is -1.11. The Bertz CT molecular complexity index is 363. The van der Waals surface area contributed by atoms with Crippen molar-refractivity contribution in [3.8, 4) is 0 Å². The zero-order chi connectivity index (χ0) is 8.97. The van der Waals surface area contributed by atoms with E-state index >= 15 is 0 Å². The molecule has 1 heterocycles. The second-order valence-corrected chi connectivity index (χ2v) is 2.56. The molecule has 2 rings (SSSR count). The second-order valence-electron chi connectivity index (χ2n) is 2.56. The van der Waals surface area contributed by atoms with Crippen LogP contribution in [0.25, 0.3) is 6.08 Å². The third kappa shape index (κ3) is 1.55. The van der Waals surface area contributed by atoms with Crippen molar-refractivity contribution in [3.63, 3.8) is 0 Å². The summed E-state index contributed by atoms with van der Waals surface area (Å²) in [4.78, 5) is 4.34. The molecule has 0 aromatic heterocycles. The van der Waals surface area contributed by atoms with Crippen molar-refractivity contribution in [3.05, 3.63) is 34.3 Å². The van der Waals surface area contributed by atoms with Crippen molar-refractivity contribution in [2.45, 2.75) is 20.8 Å². The van der Waals surface area contributed by atoms with Gasteiger partial charge in [0.1, 0.15) is 0 Å². The molecule has 0 radical (unpaired) electrons. The number of nitrogens with zero attached hydrogens (tertiary/aromatic N) is 1. The first kappa shape index (κ1) is 8.98. The highest BCUT2D eigenvalue weighted by Gasteiger charge is 1.94. The Labute approximate surface area is 73.5 Å². The van der Waals surface area contributed by atoms with Gasteiger partial charge in [0, 0.05) is 0 Å². The summed E-state index contributed by atoms with van der Waals surface area (Å²) in [6.07, 6.45) is 2.16. The molecule has 0 amide bonds. The van der Waals surface area contributed by atoms with Crippen molar-refractivity contribution in [2.24, 2.45) is 4.99 Å². The number of para-hydroxylation sites is 1. The Morgan fingerprint density at radius 2 is 2.00 bits per heavy atom. The molecule has 0 fully saturated rings. The van der Waals surface area contributed by atoms with Gasteiger partial charge in [-0.3, -0.25) is 4.99 Å². The Morgan fingerprint density at radius 3 is 2.67 bits per heavy atom. The van der Waals surface area contributed by atoms with Gasteiger partial charge in [-0.15, -0.1) is 0 Å². The smallest absolute Gasteiger partial charge is 0.0677 e. The van der Waals surface area contributed by atoms with E-state index in [1.54, 1.807) is 0 Å². The molecule has 0 N–H and O–H groups in total. The summed E-state index contributed by atoms with van der Waals surface area (Å²) in [6.45, 7) is 6.96. The van der Waals surface area contributed by atoms with Crippen LogP contribution in [0.15, 0.2) is 23.2 Å². The van der Waals surface area contributed by atoms with Crippen molar-refractivity contribution in [1.29, 1.82) is 0 Å². The quantitative estimate of drug-likeness (QED) is 0.546. The molecule has 1 aromatic rings. The van der Waals surface area contributed by atoms with Gasteiger partial charge in [0.05, 0.1) is 11.9 Å². The van der Waals surface area contributed by atoms with Crippen LogP contribution in [0.3, 0.4) is 0 Å². The van der Waals surface area contributed by atoms with E-state index in [0.29, 0.717) is 0 Å². The van der Waals surface area contributed by atoms with E-state index < -0.39 is 0 Å². The van der Waals surface area contributed by atoms with Crippen LogP contribution in [0.4, 0.5) is 0 Å². The highest BCUT2D eigenvalue weighted by molar-refractivity contribution is 5.31. The zero-order valence-electron chi connectivity index (χ0n) is 7.96. The minimum Gasteiger partial charge on any atom is -0.280 e. The van der Waals surface area contributed by atoms with Crippen LogP contribution < -0.4 is 10.6 Å². The van der Waals surface area contributed by atoms with Gasteiger partial charge in [-0.1, -0.05) is 38.1 Å². The lowest BCUT2D eigenvalue weighted by molar-refractivity contribution is 1.19. The summed E-state index contributed by atoms with van der Waals surface area (Å²) >= 11 is 0. The lowest BCUT2D eigenvalue weighted by Crippen LogP contribution is -2.23. The maximum atomic E-state index is 4.34. The molecule has 0 saturated heterocycles. The molecule has 12 heavy (non-hydrogen) atoms. The molecule has 64 valence electrons. The average Bonchev–Trinajstić information content (AvgIpc) is 2.57. The highest BCUT2D eigenvalue weighted by Crippen LogP contribution is 1.87. The summed E-state index contributed by atoms with van der Waals surface area (Å²) in [5.41, 5.74) is 1.28. The van der Waals surface area contributed by atoms with Gasteiger partial charge in [0.25, 0.3) is 0 Å². The lowest BCUT2D eigenvalue weighted by atomic mass is 10.2. The van der Waals surface area contributed by atoms with E-state index in [1.807, 2.05) is 13.8 Å². The third-order valence-corrected chi connectivity index (χ3v) is 1.83. The molecule has 1 aliphatic heterocycles. The zero-order valence-corrected chi connectivity index (χ0v) is 7.96. The van der Waals surface area contributed by atoms with Crippen LogP contribution in [-0.2, 0) is 0 Å². The molecule has 1 aliphatic rings. The number of rotatable bonds is 0. The van der Waals surface area contributed by atoms with Gasteiger partial charge >= 0.3 is 0 Å². The van der Waals surface area contributed by atoms with Gasteiger partial charge in [0.2, 0.25) is 0 Å². The first-order valence-electron chi connectivity index (χ1n) is 4.48. The summed E-state index contributed by atoms with van der Waals surface area (Å²) in [5.74, 6) is 0. The number of fused-ring (bicyclic) bond motifs is 1. The number of hydrogen-bond donors (Lipinski definition) is 0. The lowest BCUT2D eigenvalue weighted by Gasteiger charge is -1.88. The maximum absolute atomic E-state index is 4.34. The second kappa shape index (κ2) is 4.05. The molecule has 0 unspecified atom stereocenters. The number of hydrogen-bond acceptors (Lipinski definition) is 1. The van der Waals surface area contributed by atoms with Crippen LogP contribution in [-0.4, -0.2) is 6.54 Å². The van der Waals surface area contributed by atoms with Crippen LogP contribution in [0.1, 0.15) is 19.4 Å². The first-order valence-corrected chi connectivity index (χ1v) is 4.48. The topological polar surface area (TPSA) is 12.4 Å². The van der Waals surface area contributed by atoms with Crippen LogP contribution >= 0.6 is 0 Å². The van der Waals surface area contributed by atoms with Crippen LogP contribution in [0.2, 0.25) is 0 Å². The van der Waals surface area contributed by atoms with Gasteiger partial charge in [-0.2, -0.15) is 0 Å². The van der Waals surface area contributed by atoms with Gasteiger partial charge in [0.15, 0.2) is 0 Å². The van der Waals surface area contributed by atoms with Crippen LogP contribution in [0, 0.1) is 6.92 Å². The number of aryl methyl sites for hydroxylation is 1. The normalized spacial score (nSPS) is 11.9. The third-order valence-electron chi connectivity index (χ3n) is 1.83. The van der Waals surface area contributed by atoms with E-state index in [4.69, 9.17) is 0 Å². The minimum absolute atomic E-state index is 0.861. The van der Waals surface area contributed by atoms with Gasteiger partial charge in [-0.25, -0.2) is 0 Å². The van der Waals surface area contributed by atoms with Crippen molar-refractivity contribution in [1.82, 2.24) is 0 Å². The molecule has 0 aliphatic carbocycles. The molecule has 0 spiro atoms. The predicted molar refractivity (Wildman–Crippen MR) is 52.6 cm³/mol. The molecule has 1 aromatic carbocycles. The SMILES string of the molecule is CC.Cc1cccc2c1=NCC=2. The Balaban J connectivity index is 0.000000336.